The lowest BCUT2D eigenvalue weighted by atomic mass is 9.92. The molecule has 0 aliphatic carbocycles. The number of benzene rings is 8. The minimum Gasteiger partial charge on any atom is -0.309 e. The molecule has 0 amide bonds. The molecule has 4 nitrogen and oxygen atoms in total. The summed E-state index contributed by atoms with van der Waals surface area (Å²) in [4.78, 5) is 10.6. The third-order valence-electron chi connectivity index (χ3n) is 11.2. The molecular formula is C50H30N4. The van der Waals surface area contributed by atoms with Gasteiger partial charge >= 0.3 is 0 Å². The maximum absolute atomic E-state index is 5.31. The van der Waals surface area contributed by atoms with E-state index in [9.17, 15) is 0 Å². The molecule has 1 aliphatic rings. The van der Waals surface area contributed by atoms with Gasteiger partial charge in [0.25, 0.3) is 0 Å². The third-order valence-corrected chi connectivity index (χ3v) is 11.2. The van der Waals surface area contributed by atoms with Gasteiger partial charge in [-0.05, 0) is 88.5 Å². The van der Waals surface area contributed by atoms with E-state index in [1.165, 1.54) is 60.4 Å². The van der Waals surface area contributed by atoms with Crippen molar-refractivity contribution in [3.63, 3.8) is 0 Å². The van der Waals surface area contributed by atoms with E-state index >= 15 is 0 Å². The van der Waals surface area contributed by atoms with Crippen LogP contribution in [0.25, 0.3) is 111 Å². The second kappa shape index (κ2) is 11.1. The van der Waals surface area contributed by atoms with E-state index in [0.717, 1.165) is 50.4 Å². The highest BCUT2D eigenvalue weighted by Gasteiger charge is 2.27. The highest BCUT2D eigenvalue weighted by molar-refractivity contribution is 6.18. The Kier molecular flexibility index (Phi) is 6.02. The molecule has 0 radical (unpaired) electrons. The molecule has 4 heteroatoms. The summed E-state index contributed by atoms with van der Waals surface area (Å²) in [6, 6.07) is 65.6. The summed E-state index contributed by atoms with van der Waals surface area (Å²) in [5.41, 5.74) is 16.7. The fourth-order valence-corrected chi connectivity index (χ4v) is 8.83. The van der Waals surface area contributed by atoms with E-state index in [-0.39, 0.29) is 0 Å². The number of hydrogen-bond acceptors (Lipinski definition) is 2. The Bertz CT molecular complexity index is 3330. The van der Waals surface area contributed by atoms with Crippen LogP contribution < -0.4 is 0 Å². The van der Waals surface area contributed by atoms with Crippen LogP contribution in [0.4, 0.5) is 0 Å². The van der Waals surface area contributed by atoms with Crippen LogP contribution in [0.3, 0.4) is 0 Å². The molecular weight excluding hydrogens is 657 g/mol. The molecule has 4 heterocycles. The monoisotopic (exact) mass is 686 g/mol. The van der Waals surface area contributed by atoms with Crippen molar-refractivity contribution in [2.24, 2.45) is 0 Å². The first-order valence-electron chi connectivity index (χ1n) is 18.4. The lowest BCUT2D eigenvalue weighted by Gasteiger charge is -2.12. The van der Waals surface area contributed by atoms with Gasteiger partial charge in [0.2, 0.25) is 0 Å². The third kappa shape index (κ3) is 4.13. The number of hydrogen-bond donors (Lipinski definition) is 0. The van der Waals surface area contributed by atoms with Crippen molar-refractivity contribution >= 4 is 54.6 Å². The average molecular weight is 687 g/mol. The summed E-state index contributed by atoms with van der Waals surface area (Å²) >= 11 is 0. The molecule has 0 saturated carbocycles. The zero-order valence-corrected chi connectivity index (χ0v) is 29.1. The summed E-state index contributed by atoms with van der Waals surface area (Å²) in [7, 11) is 0. The molecule has 8 aromatic carbocycles. The van der Waals surface area contributed by atoms with Crippen LogP contribution in [0.15, 0.2) is 182 Å². The van der Waals surface area contributed by atoms with Crippen molar-refractivity contribution in [1.29, 1.82) is 0 Å². The zero-order chi connectivity index (χ0) is 35.3. The first kappa shape index (κ1) is 29.3. The van der Waals surface area contributed by atoms with Gasteiger partial charge in [-0.3, -0.25) is 4.57 Å². The normalized spacial score (nSPS) is 12.1. The Morgan fingerprint density at radius 1 is 0.333 bits per heavy atom. The molecule has 0 spiro atoms. The summed E-state index contributed by atoms with van der Waals surface area (Å²) < 4.78 is 4.75. The second-order valence-electron chi connectivity index (χ2n) is 14.2. The standard InChI is InChI=1S/C50H30N4/c1-2-13-31(14-3-1)32-15-12-16-35(27-32)53-45-23-10-6-18-37(45)40-28-33(25-26-47(40)53)34-29-41-36-17-4-5-20-39(36)48-50(52-44-22-9-8-21-43(44)51-48)54-46-24-11-7-19-38(46)42(30-34)49(41)54/h1-30H. The topological polar surface area (TPSA) is 35.6 Å². The minimum atomic E-state index is 0.865. The number of rotatable bonds is 3. The molecule has 0 fully saturated rings. The van der Waals surface area contributed by atoms with Crippen molar-refractivity contribution in [3.8, 4) is 56.1 Å². The number of aromatic nitrogens is 4. The molecule has 1 aliphatic heterocycles. The van der Waals surface area contributed by atoms with E-state index < -0.39 is 0 Å². The Morgan fingerprint density at radius 3 is 1.78 bits per heavy atom. The molecule has 0 unspecified atom stereocenters. The molecule has 11 aromatic rings. The summed E-state index contributed by atoms with van der Waals surface area (Å²) in [5.74, 6) is 0.865. The Balaban J connectivity index is 1.12. The average Bonchev–Trinajstić information content (AvgIpc) is 3.72. The van der Waals surface area contributed by atoms with Gasteiger partial charge < -0.3 is 4.57 Å². The van der Waals surface area contributed by atoms with Crippen LogP contribution in [0, 0.1) is 0 Å². The van der Waals surface area contributed by atoms with E-state index in [0.29, 0.717) is 0 Å². The highest BCUT2D eigenvalue weighted by Crippen LogP contribution is 2.48. The van der Waals surface area contributed by atoms with Crippen molar-refractivity contribution < 1.29 is 0 Å². The minimum absolute atomic E-state index is 0.865. The van der Waals surface area contributed by atoms with E-state index in [1.807, 2.05) is 12.1 Å². The van der Waals surface area contributed by atoms with Crippen LogP contribution in [-0.2, 0) is 0 Å². The smallest absolute Gasteiger partial charge is 0.165 e. The van der Waals surface area contributed by atoms with Gasteiger partial charge in [-0.15, -0.1) is 0 Å². The van der Waals surface area contributed by atoms with Crippen molar-refractivity contribution in [3.05, 3.63) is 182 Å². The molecule has 0 bridgehead atoms. The first-order valence-corrected chi connectivity index (χ1v) is 18.4. The van der Waals surface area contributed by atoms with Crippen molar-refractivity contribution in [1.82, 2.24) is 19.1 Å². The van der Waals surface area contributed by atoms with Gasteiger partial charge in [0, 0.05) is 38.4 Å². The van der Waals surface area contributed by atoms with E-state index in [4.69, 9.17) is 9.97 Å². The summed E-state index contributed by atoms with van der Waals surface area (Å²) in [6.07, 6.45) is 0. The van der Waals surface area contributed by atoms with Crippen LogP contribution in [-0.4, -0.2) is 19.1 Å². The maximum Gasteiger partial charge on any atom is 0.165 e. The Morgan fingerprint density at radius 2 is 0.944 bits per heavy atom. The molecule has 3 aromatic heterocycles. The molecule has 0 atom stereocenters. The SMILES string of the molecule is c1ccc(-c2cccc(-n3c4ccccc4c4cc(-c5cc6c7c(c5)c5ccccc5n7-c5nc7ccccc7nc5-c5ccccc5-6)ccc43)c2)cc1. The number of fused-ring (bicyclic) bond motifs is 12. The fourth-order valence-electron chi connectivity index (χ4n) is 8.83. The predicted octanol–water partition coefficient (Wildman–Crippen LogP) is 12.8. The van der Waals surface area contributed by atoms with E-state index in [2.05, 4.69) is 179 Å². The predicted molar refractivity (Wildman–Crippen MR) is 224 cm³/mol. The summed E-state index contributed by atoms with van der Waals surface area (Å²) in [6.45, 7) is 0. The van der Waals surface area contributed by atoms with Crippen LogP contribution in [0.1, 0.15) is 0 Å². The van der Waals surface area contributed by atoms with E-state index in [1.54, 1.807) is 0 Å². The number of nitrogens with zero attached hydrogens (tertiary/aromatic N) is 4. The lowest BCUT2D eigenvalue weighted by Crippen LogP contribution is -2.02. The van der Waals surface area contributed by atoms with Crippen LogP contribution in [0.5, 0.6) is 0 Å². The van der Waals surface area contributed by atoms with Gasteiger partial charge in [-0.25, -0.2) is 9.97 Å². The highest BCUT2D eigenvalue weighted by atomic mass is 15.1. The summed E-state index contributed by atoms with van der Waals surface area (Å²) in [5, 5.41) is 4.87. The van der Waals surface area contributed by atoms with Crippen molar-refractivity contribution in [2.45, 2.75) is 0 Å². The molecule has 250 valence electrons. The fraction of sp³-hybridized carbons (Fsp3) is 0. The largest absolute Gasteiger partial charge is 0.309 e. The van der Waals surface area contributed by atoms with Gasteiger partial charge in [0.15, 0.2) is 5.82 Å². The second-order valence-corrected chi connectivity index (χ2v) is 14.2. The van der Waals surface area contributed by atoms with Crippen LogP contribution in [0.2, 0.25) is 0 Å². The quantitative estimate of drug-likeness (QED) is 0.185. The number of para-hydroxylation sites is 4. The molecule has 12 rings (SSSR count). The van der Waals surface area contributed by atoms with Gasteiger partial charge in [0.1, 0.15) is 5.69 Å². The lowest BCUT2D eigenvalue weighted by molar-refractivity contribution is 1.09. The van der Waals surface area contributed by atoms with Gasteiger partial charge in [0.05, 0.1) is 33.1 Å². The van der Waals surface area contributed by atoms with Gasteiger partial charge in [-0.2, -0.15) is 0 Å². The van der Waals surface area contributed by atoms with Crippen LogP contribution >= 0.6 is 0 Å². The van der Waals surface area contributed by atoms with Crippen molar-refractivity contribution in [2.75, 3.05) is 0 Å². The first-order chi connectivity index (χ1) is 26.8. The Hall–Kier alpha value is -7.30. The molecule has 54 heavy (non-hydrogen) atoms. The van der Waals surface area contributed by atoms with Gasteiger partial charge in [-0.1, -0.05) is 121 Å². The zero-order valence-electron chi connectivity index (χ0n) is 29.1. The molecule has 0 saturated heterocycles. The Labute approximate surface area is 310 Å². The maximum atomic E-state index is 5.31. The molecule has 0 N–H and O–H groups in total.